The highest BCUT2D eigenvalue weighted by molar-refractivity contribution is 5.89. The minimum Gasteiger partial charge on any atom is -0.467 e. The lowest BCUT2D eigenvalue weighted by molar-refractivity contribution is -0.147. The molecule has 0 amide bonds. The molecule has 2 bridgehead atoms. The Labute approximate surface area is 188 Å². The Bertz CT molecular complexity index is 1160. The van der Waals surface area contributed by atoms with Crippen molar-refractivity contribution in [1.82, 2.24) is 9.47 Å². The second-order valence-corrected chi connectivity index (χ2v) is 8.80. The summed E-state index contributed by atoms with van der Waals surface area (Å²) in [7, 11) is 1.48. The molecule has 3 heterocycles. The minimum absolute atomic E-state index is 0.0822. The van der Waals surface area contributed by atoms with E-state index in [2.05, 4.69) is 58.9 Å². The lowest BCUT2D eigenvalue weighted by atomic mass is 9.76. The summed E-state index contributed by atoms with van der Waals surface area (Å²) in [6.07, 6.45) is 3.63. The molecule has 1 N–H and O–H groups in total. The van der Waals surface area contributed by atoms with Crippen molar-refractivity contribution in [2.75, 3.05) is 20.3 Å². The first-order valence-corrected chi connectivity index (χ1v) is 11.4. The Hall–Kier alpha value is -2.89. The number of methoxy groups -OCH3 is 1. The van der Waals surface area contributed by atoms with Crippen LogP contribution in [0.5, 0.6) is 0 Å². The summed E-state index contributed by atoms with van der Waals surface area (Å²) in [5.74, 6) is -0.0865. The van der Waals surface area contributed by atoms with Crippen LogP contribution in [0.4, 0.5) is 0 Å². The molecule has 0 spiro atoms. The number of esters is 1. The maximum atomic E-state index is 13.1. The van der Waals surface area contributed by atoms with Gasteiger partial charge >= 0.3 is 5.97 Å². The van der Waals surface area contributed by atoms with E-state index in [-0.39, 0.29) is 30.6 Å². The average molecular weight is 431 g/mol. The third-order valence-electron chi connectivity index (χ3n) is 7.22. The first kappa shape index (κ1) is 21.0. The molecule has 0 unspecified atom stereocenters. The number of hydrogen-bond acceptors (Lipinski definition) is 4. The van der Waals surface area contributed by atoms with Crippen LogP contribution >= 0.6 is 0 Å². The molecule has 3 aromatic rings. The van der Waals surface area contributed by atoms with E-state index in [1.165, 1.54) is 18.2 Å². The normalized spacial score (nSPS) is 24.0. The molecule has 2 aromatic carbocycles. The zero-order valence-electron chi connectivity index (χ0n) is 18.7. The minimum atomic E-state index is -0.381. The lowest BCUT2D eigenvalue weighted by Crippen LogP contribution is -2.47. The molecular formula is C27H30N2O3. The smallest absolute Gasteiger partial charge is 0.329 e. The summed E-state index contributed by atoms with van der Waals surface area (Å²) >= 11 is 0. The van der Waals surface area contributed by atoms with Gasteiger partial charge in [-0.1, -0.05) is 60.2 Å². The zero-order valence-corrected chi connectivity index (χ0v) is 18.7. The van der Waals surface area contributed by atoms with Crippen LogP contribution in [0, 0.1) is 5.92 Å². The van der Waals surface area contributed by atoms with Crippen LogP contribution < -0.4 is 0 Å². The topological polar surface area (TPSA) is 54.7 Å². The van der Waals surface area contributed by atoms with E-state index in [0.29, 0.717) is 6.42 Å². The molecule has 3 atom stereocenters. The van der Waals surface area contributed by atoms with Crippen LogP contribution in [0.1, 0.15) is 42.2 Å². The number of aliphatic hydroxyl groups is 1. The van der Waals surface area contributed by atoms with Crippen LogP contribution in [0.15, 0.2) is 66.2 Å². The number of carbonyl (C=O) groups is 1. The molecule has 0 aliphatic carbocycles. The van der Waals surface area contributed by atoms with E-state index >= 15 is 0 Å². The van der Waals surface area contributed by atoms with Gasteiger partial charge in [0, 0.05) is 42.2 Å². The number of benzene rings is 2. The van der Waals surface area contributed by atoms with Crippen molar-refractivity contribution >= 4 is 16.9 Å². The van der Waals surface area contributed by atoms with Crippen LogP contribution in [0.3, 0.4) is 0 Å². The fraction of sp³-hybridized carbons (Fsp3) is 0.370. The zero-order chi connectivity index (χ0) is 22.2. The Morgan fingerprint density at radius 2 is 1.91 bits per heavy atom. The van der Waals surface area contributed by atoms with Gasteiger partial charge in [0.2, 0.25) is 0 Å². The molecule has 5 rings (SSSR count). The van der Waals surface area contributed by atoms with E-state index in [4.69, 9.17) is 4.74 Å². The number of para-hydroxylation sites is 1. The third kappa shape index (κ3) is 3.28. The van der Waals surface area contributed by atoms with Crippen LogP contribution in [-0.4, -0.2) is 40.8 Å². The average Bonchev–Trinajstić information content (AvgIpc) is 3.15. The highest BCUT2D eigenvalue weighted by atomic mass is 16.5. The molecule has 166 valence electrons. The number of likely N-dealkylation sites (tertiary alicyclic amines) is 1. The molecule has 1 saturated heterocycles. The summed E-state index contributed by atoms with van der Waals surface area (Å²) in [5, 5.41) is 11.0. The third-order valence-corrected chi connectivity index (χ3v) is 7.22. The number of carbonyl (C=O) groups excluding carboxylic acids is 1. The molecule has 5 heteroatoms. The number of nitrogens with zero attached hydrogens (tertiary/aromatic N) is 2. The van der Waals surface area contributed by atoms with Crippen molar-refractivity contribution in [1.29, 1.82) is 0 Å². The summed E-state index contributed by atoms with van der Waals surface area (Å²) in [4.78, 5) is 15.7. The highest BCUT2D eigenvalue weighted by Crippen LogP contribution is 2.51. The van der Waals surface area contributed by atoms with Crippen molar-refractivity contribution in [3.05, 3.63) is 83.1 Å². The largest absolute Gasteiger partial charge is 0.467 e. The number of hydrogen-bond donors (Lipinski definition) is 1. The first-order chi connectivity index (χ1) is 15.7. The van der Waals surface area contributed by atoms with Crippen molar-refractivity contribution in [2.45, 2.75) is 38.4 Å². The Balaban J connectivity index is 1.73. The van der Waals surface area contributed by atoms with E-state index < -0.39 is 0 Å². The van der Waals surface area contributed by atoms with Gasteiger partial charge in [0.1, 0.15) is 6.04 Å². The van der Waals surface area contributed by atoms with Gasteiger partial charge in [0.25, 0.3) is 0 Å². The SMILES string of the molecule is C/C=C1/CN(Cc2ccccc2)[C@H]2C[C@@H]1[C@@H](C(=O)OC)n1c2c(CCO)c2ccccc21. The molecular weight excluding hydrogens is 400 g/mol. The van der Waals surface area contributed by atoms with Crippen LogP contribution in [-0.2, 0) is 22.5 Å². The predicted octanol–water partition coefficient (Wildman–Crippen LogP) is 4.41. The fourth-order valence-corrected chi connectivity index (χ4v) is 5.87. The van der Waals surface area contributed by atoms with Gasteiger partial charge in [-0.25, -0.2) is 4.79 Å². The fourth-order valence-electron chi connectivity index (χ4n) is 5.87. The van der Waals surface area contributed by atoms with Gasteiger partial charge in [-0.15, -0.1) is 0 Å². The molecule has 0 saturated carbocycles. The summed E-state index contributed by atoms with van der Waals surface area (Å²) in [6.45, 7) is 3.83. The molecule has 2 aliphatic heterocycles. The van der Waals surface area contributed by atoms with Gasteiger partial charge in [-0.2, -0.15) is 0 Å². The van der Waals surface area contributed by atoms with E-state index in [0.717, 1.165) is 41.7 Å². The molecule has 1 fully saturated rings. The van der Waals surface area contributed by atoms with E-state index in [1.54, 1.807) is 0 Å². The Kier molecular flexibility index (Phi) is 5.62. The van der Waals surface area contributed by atoms with Gasteiger partial charge in [0.05, 0.1) is 13.2 Å². The lowest BCUT2D eigenvalue weighted by Gasteiger charge is -2.48. The summed E-state index contributed by atoms with van der Waals surface area (Å²) in [5.41, 5.74) is 5.94. The quantitative estimate of drug-likeness (QED) is 0.481. The molecule has 0 radical (unpaired) electrons. The highest BCUT2D eigenvalue weighted by Gasteiger charge is 2.48. The second kappa shape index (κ2) is 8.57. The van der Waals surface area contributed by atoms with Gasteiger partial charge in [-0.05, 0) is 37.0 Å². The Morgan fingerprint density at radius 3 is 2.62 bits per heavy atom. The number of piperidine rings is 1. The molecule has 5 nitrogen and oxygen atoms in total. The number of ether oxygens (including phenoxy) is 1. The maximum Gasteiger partial charge on any atom is 0.329 e. The monoisotopic (exact) mass is 430 g/mol. The molecule has 32 heavy (non-hydrogen) atoms. The van der Waals surface area contributed by atoms with E-state index in [1.807, 2.05) is 18.2 Å². The maximum absolute atomic E-state index is 13.1. The molecule has 1 aromatic heterocycles. The summed E-state index contributed by atoms with van der Waals surface area (Å²) in [6, 6.07) is 18.6. The Morgan fingerprint density at radius 1 is 1.16 bits per heavy atom. The van der Waals surface area contributed by atoms with Crippen molar-refractivity contribution in [3.63, 3.8) is 0 Å². The number of allylic oxidation sites excluding steroid dienone is 1. The van der Waals surface area contributed by atoms with Crippen molar-refractivity contribution in [2.24, 2.45) is 5.92 Å². The number of rotatable bonds is 5. The number of aromatic nitrogens is 1. The first-order valence-electron chi connectivity index (χ1n) is 11.4. The van der Waals surface area contributed by atoms with Crippen LogP contribution in [0.25, 0.3) is 10.9 Å². The van der Waals surface area contributed by atoms with Gasteiger partial charge < -0.3 is 14.4 Å². The van der Waals surface area contributed by atoms with E-state index in [9.17, 15) is 9.90 Å². The number of fused-ring (bicyclic) bond motifs is 6. The van der Waals surface area contributed by atoms with Gasteiger partial charge in [-0.3, -0.25) is 4.90 Å². The van der Waals surface area contributed by atoms with Crippen LogP contribution in [0.2, 0.25) is 0 Å². The molecule has 2 aliphatic rings. The summed E-state index contributed by atoms with van der Waals surface area (Å²) < 4.78 is 7.55. The number of aliphatic hydroxyl groups excluding tert-OH is 1. The predicted molar refractivity (Wildman–Crippen MR) is 125 cm³/mol. The second-order valence-electron chi connectivity index (χ2n) is 8.80. The van der Waals surface area contributed by atoms with Crippen molar-refractivity contribution in [3.8, 4) is 0 Å². The van der Waals surface area contributed by atoms with Crippen molar-refractivity contribution < 1.29 is 14.6 Å². The van der Waals surface area contributed by atoms with Gasteiger partial charge in [0.15, 0.2) is 0 Å². The standard InChI is InChI=1S/C27H30N2O3/c1-3-19-17-28(16-18-9-5-4-6-10-18)24-15-22(19)26(27(31)32-2)29-23-12-8-7-11-20(23)21(13-14-30)25(24)29/h3-12,22,24,26,30H,13-17H2,1-2H3/b19-3-/t22-,24-,26-/m0/s1.